The van der Waals surface area contributed by atoms with Crippen molar-refractivity contribution in [2.45, 2.75) is 13.3 Å². The van der Waals surface area contributed by atoms with Crippen LogP contribution in [0.1, 0.15) is 12.5 Å². The van der Waals surface area contributed by atoms with Crippen LogP contribution in [0.4, 0.5) is 9.80 Å². The molecule has 0 saturated carbocycles. The van der Waals surface area contributed by atoms with E-state index in [0.717, 1.165) is 6.42 Å². The first-order valence-electron chi connectivity index (χ1n) is 3.29. The van der Waals surface area contributed by atoms with Gasteiger partial charge >= 0.3 is 6.09 Å². The summed E-state index contributed by atoms with van der Waals surface area (Å²) in [6.45, 7) is 2.03. The van der Waals surface area contributed by atoms with E-state index in [1.807, 2.05) is 18.4 Å². The maximum Gasteiger partial charge on any atom is 0.409 e. The van der Waals surface area contributed by atoms with Gasteiger partial charge in [0.15, 0.2) is 0 Å². The molecule has 1 aromatic heterocycles. The van der Waals surface area contributed by atoms with E-state index < -0.39 is 6.09 Å². The van der Waals surface area contributed by atoms with Gasteiger partial charge in [0.25, 0.3) is 0 Å². The number of carboxylic acid groups (broad SMARTS) is 1. The van der Waals surface area contributed by atoms with Gasteiger partial charge in [-0.15, -0.1) is 11.3 Å². The molecule has 0 saturated heterocycles. The maximum atomic E-state index is 10.2. The molecule has 3 nitrogen and oxygen atoms in total. The van der Waals surface area contributed by atoms with Crippen LogP contribution in [0.2, 0.25) is 0 Å². The standard InChI is InChI=1S/C7H9NO2S/c1-2-5-3-6(11-4-5)8-7(9)10/h3-4,8H,2H2,1H3,(H,9,10). The largest absolute Gasteiger partial charge is 0.465 e. The predicted molar refractivity (Wildman–Crippen MR) is 45.3 cm³/mol. The number of anilines is 1. The van der Waals surface area contributed by atoms with Crippen LogP contribution in [0, 0.1) is 0 Å². The van der Waals surface area contributed by atoms with Gasteiger partial charge in [0, 0.05) is 0 Å². The van der Waals surface area contributed by atoms with Crippen LogP contribution in [-0.4, -0.2) is 11.2 Å². The first-order valence-corrected chi connectivity index (χ1v) is 4.17. The molecule has 0 spiro atoms. The smallest absolute Gasteiger partial charge is 0.409 e. The van der Waals surface area contributed by atoms with Crippen molar-refractivity contribution in [1.82, 2.24) is 0 Å². The van der Waals surface area contributed by atoms with E-state index >= 15 is 0 Å². The molecule has 0 bridgehead atoms. The fourth-order valence-corrected chi connectivity index (χ4v) is 1.61. The van der Waals surface area contributed by atoms with Crippen LogP contribution in [-0.2, 0) is 6.42 Å². The first kappa shape index (κ1) is 8.07. The van der Waals surface area contributed by atoms with Gasteiger partial charge in [0.2, 0.25) is 0 Å². The van der Waals surface area contributed by atoms with E-state index in [4.69, 9.17) is 5.11 Å². The number of thiophene rings is 1. The highest BCUT2D eigenvalue weighted by Gasteiger charge is 2.00. The van der Waals surface area contributed by atoms with Crippen LogP contribution in [0.25, 0.3) is 0 Å². The lowest BCUT2D eigenvalue weighted by molar-refractivity contribution is 0.210. The van der Waals surface area contributed by atoms with Gasteiger partial charge in [-0.3, -0.25) is 5.32 Å². The van der Waals surface area contributed by atoms with Crippen molar-refractivity contribution in [3.63, 3.8) is 0 Å². The van der Waals surface area contributed by atoms with Gasteiger partial charge in [0.05, 0.1) is 5.00 Å². The lowest BCUT2D eigenvalue weighted by Gasteiger charge is -1.91. The number of amides is 1. The van der Waals surface area contributed by atoms with Crippen molar-refractivity contribution in [2.75, 3.05) is 5.32 Å². The lowest BCUT2D eigenvalue weighted by Crippen LogP contribution is -2.05. The van der Waals surface area contributed by atoms with Crippen molar-refractivity contribution >= 4 is 22.4 Å². The maximum absolute atomic E-state index is 10.2. The summed E-state index contributed by atoms with van der Waals surface area (Å²) in [7, 11) is 0. The van der Waals surface area contributed by atoms with Gasteiger partial charge in [-0.05, 0) is 23.4 Å². The topological polar surface area (TPSA) is 49.3 Å². The fraction of sp³-hybridized carbons (Fsp3) is 0.286. The molecule has 1 amide bonds. The Hall–Kier alpha value is -1.03. The minimum absolute atomic E-state index is 0.689. The quantitative estimate of drug-likeness (QED) is 0.717. The van der Waals surface area contributed by atoms with Crippen molar-refractivity contribution in [1.29, 1.82) is 0 Å². The van der Waals surface area contributed by atoms with E-state index in [0.29, 0.717) is 5.00 Å². The molecule has 4 heteroatoms. The van der Waals surface area contributed by atoms with Crippen molar-refractivity contribution < 1.29 is 9.90 Å². The van der Waals surface area contributed by atoms with Crippen LogP contribution in [0.15, 0.2) is 11.4 Å². The molecule has 0 aliphatic carbocycles. The highest BCUT2D eigenvalue weighted by Crippen LogP contribution is 2.20. The van der Waals surface area contributed by atoms with Crippen molar-refractivity contribution in [3.05, 3.63) is 17.0 Å². The third kappa shape index (κ3) is 2.23. The first-order chi connectivity index (χ1) is 5.22. The number of carbonyl (C=O) groups is 1. The van der Waals surface area contributed by atoms with Gasteiger partial charge in [-0.1, -0.05) is 6.92 Å². The van der Waals surface area contributed by atoms with Gasteiger partial charge in [-0.25, -0.2) is 4.79 Å². The van der Waals surface area contributed by atoms with E-state index in [9.17, 15) is 4.79 Å². The zero-order chi connectivity index (χ0) is 8.27. The molecular weight excluding hydrogens is 162 g/mol. The summed E-state index contributed by atoms with van der Waals surface area (Å²) in [6.07, 6.45) is -0.0628. The van der Waals surface area contributed by atoms with Gasteiger partial charge in [0.1, 0.15) is 0 Å². The molecule has 1 rings (SSSR count). The molecule has 1 heterocycles. The Balaban J connectivity index is 2.65. The highest BCUT2D eigenvalue weighted by atomic mass is 32.1. The number of hydrogen-bond acceptors (Lipinski definition) is 2. The monoisotopic (exact) mass is 171 g/mol. The normalized spacial score (nSPS) is 9.55. The molecule has 0 radical (unpaired) electrons. The lowest BCUT2D eigenvalue weighted by atomic mass is 10.3. The summed E-state index contributed by atoms with van der Waals surface area (Å²) < 4.78 is 0. The van der Waals surface area contributed by atoms with E-state index in [1.54, 1.807) is 0 Å². The minimum atomic E-state index is -1.01. The summed E-state index contributed by atoms with van der Waals surface area (Å²) in [6, 6.07) is 1.85. The summed E-state index contributed by atoms with van der Waals surface area (Å²) in [5.74, 6) is 0. The molecule has 1 aromatic rings. The van der Waals surface area contributed by atoms with E-state index in [2.05, 4.69) is 5.32 Å². The molecular formula is C7H9NO2S. The van der Waals surface area contributed by atoms with Crippen LogP contribution >= 0.6 is 11.3 Å². The van der Waals surface area contributed by atoms with Crippen LogP contribution in [0.3, 0.4) is 0 Å². The predicted octanol–water partition coefficient (Wildman–Crippen LogP) is 2.40. The van der Waals surface area contributed by atoms with Gasteiger partial charge in [-0.2, -0.15) is 0 Å². The second kappa shape index (κ2) is 3.39. The average Bonchev–Trinajstić information content (AvgIpc) is 2.34. The summed E-state index contributed by atoms with van der Waals surface area (Å²) in [5.41, 5.74) is 1.17. The van der Waals surface area contributed by atoms with Crippen molar-refractivity contribution in [3.8, 4) is 0 Å². The van der Waals surface area contributed by atoms with E-state index in [1.165, 1.54) is 16.9 Å². The Morgan fingerprint density at radius 1 is 1.82 bits per heavy atom. The molecule has 0 aromatic carbocycles. The molecule has 0 aliphatic heterocycles. The number of rotatable bonds is 2. The molecule has 11 heavy (non-hydrogen) atoms. The van der Waals surface area contributed by atoms with Crippen LogP contribution in [0.5, 0.6) is 0 Å². The molecule has 0 unspecified atom stereocenters. The van der Waals surface area contributed by atoms with Crippen molar-refractivity contribution in [2.24, 2.45) is 0 Å². The number of hydrogen-bond donors (Lipinski definition) is 2. The summed E-state index contributed by atoms with van der Waals surface area (Å²) >= 11 is 1.41. The zero-order valence-corrected chi connectivity index (χ0v) is 6.94. The average molecular weight is 171 g/mol. The third-order valence-corrected chi connectivity index (χ3v) is 2.19. The Kier molecular flexibility index (Phi) is 2.48. The minimum Gasteiger partial charge on any atom is -0.465 e. The Morgan fingerprint density at radius 2 is 2.55 bits per heavy atom. The second-order valence-corrected chi connectivity index (χ2v) is 3.01. The molecule has 60 valence electrons. The SMILES string of the molecule is CCc1csc(NC(=O)O)c1. The van der Waals surface area contributed by atoms with Crippen LogP contribution < -0.4 is 5.32 Å². The Labute approximate surface area is 68.7 Å². The van der Waals surface area contributed by atoms with Gasteiger partial charge < -0.3 is 5.11 Å². The van der Waals surface area contributed by atoms with E-state index in [-0.39, 0.29) is 0 Å². The Bertz CT molecular complexity index is 257. The zero-order valence-electron chi connectivity index (χ0n) is 6.13. The molecule has 0 aliphatic rings. The Morgan fingerprint density at radius 3 is 3.00 bits per heavy atom. The number of nitrogens with one attached hydrogen (secondary N) is 1. The molecule has 0 atom stereocenters. The summed E-state index contributed by atoms with van der Waals surface area (Å²) in [4.78, 5) is 10.2. The molecule has 2 N–H and O–H groups in total. The number of aryl methyl sites for hydroxylation is 1. The molecule has 0 fully saturated rings. The third-order valence-electron chi connectivity index (χ3n) is 1.29. The fourth-order valence-electron chi connectivity index (χ4n) is 0.732. The second-order valence-electron chi connectivity index (χ2n) is 2.10. The summed E-state index contributed by atoms with van der Waals surface area (Å²) in [5, 5.41) is 13.3. The highest BCUT2D eigenvalue weighted by molar-refractivity contribution is 7.14.